The standard InChI is InChI=1S/C20H18N4O5S2/c1-13(25)24-12-18(29-17-5-3-2-4-16(17)24)19(26)22-14-6-8-15(9-7-14)31(27,28)23-20-21-10-11-30-20/h2-11,18H,12H2,1H3,(H,21,23)(H,22,26)/t18-/m1/s1. The summed E-state index contributed by atoms with van der Waals surface area (Å²) in [6, 6.07) is 12.7. The van der Waals surface area contributed by atoms with E-state index in [0.717, 1.165) is 0 Å². The van der Waals surface area contributed by atoms with E-state index in [4.69, 9.17) is 4.74 Å². The smallest absolute Gasteiger partial charge is 0.267 e. The van der Waals surface area contributed by atoms with Crippen molar-refractivity contribution in [2.24, 2.45) is 0 Å². The lowest BCUT2D eigenvalue weighted by molar-refractivity contribution is -0.123. The number of rotatable bonds is 5. The van der Waals surface area contributed by atoms with Crippen LogP contribution in [0.1, 0.15) is 6.92 Å². The van der Waals surface area contributed by atoms with Crippen LogP contribution in [0.5, 0.6) is 5.75 Å². The molecule has 31 heavy (non-hydrogen) atoms. The van der Waals surface area contributed by atoms with E-state index in [1.165, 1.54) is 53.6 Å². The second-order valence-corrected chi connectivity index (χ2v) is 9.24. The number of carbonyl (C=O) groups is 2. The number of ether oxygens (including phenoxy) is 1. The topological polar surface area (TPSA) is 118 Å². The molecule has 0 saturated heterocycles. The number of benzene rings is 2. The molecule has 3 aromatic rings. The van der Waals surface area contributed by atoms with E-state index in [1.54, 1.807) is 29.6 Å². The van der Waals surface area contributed by atoms with Gasteiger partial charge in [0.2, 0.25) is 5.91 Å². The van der Waals surface area contributed by atoms with Crippen molar-refractivity contribution in [1.29, 1.82) is 0 Å². The summed E-state index contributed by atoms with van der Waals surface area (Å²) >= 11 is 1.17. The van der Waals surface area contributed by atoms with Gasteiger partial charge in [-0.25, -0.2) is 13.4 Å². The average Bonchev–Trinajstić information content (AvgIpc) is 3.25. The lowest BCUT2D eigenvalue weighted by atomic mass is 10.1. The van der Waals surface area contributed by atoms with Crippen LogP contribution in [-0.4, -0.2) is 37.9 Å². The van der Waals surface area contributed by atoms with Crippen LogP contribution in [0.25, 0.3) is 0 Å². The lowest BCUT2D eigenvalue weighted by Gasteiger charge is -2.33. The van der Waals surface area contributed by atoms with E-state index in [-0.39, 0.29) is 22.5 Å². The first-order chi connectivity index (χ1) is 14.8. The number of para-hydroxylation sites is 2. The molecule has 0 radical (unpaired) electrons. The van der Waals surface area contributed by atoms with Crippen molar-refractivity contribution in [2.45, 2.75) is 17.9 Å². The van der Waals surface area contributed by atoms with Gasteiger partial charge in [-0.05, 0) is 36.4 Å². The molecular formula is C20H18N4O5S2. The molecule has 0 aliphatic carbocycles. The minimum Gasteiger partial charge on any atom is -0.476 e. The second-order valence-electron chi connectivity index (χ2n) is 6.66. The monoisotopic (exact) mass is 458 g/mol. The normalized spacial score (nSPS) is 15.5. The zero-order valence-electron chi connectivity index (χ0n) is 16.3. The van der Waals surface area contributed by atoms with Crippen molar-refractivity contribution >= 4 is 49.7 Å². The molecule has 2 N–H and O–H groups in total. The van der Waals surface area contributed by atoms with Gasteiger partial charge < -0.3 is 15.0 Å². The zero-order chi connectivity index (χ0) is 22.0. The van der Waals surface area contributed by atoms with Gasteiger partial charge in [0.25, 0.3) is 15.9 Å². The number of nitrogens with one attached hydrogen (secondary N) is 2. The van der Waals surface area contributed by atoms with Crippen molar-refractivity contribution in [3.63, 3.8) is 0 Å². The Bertz CT molecular complexity index is 1210. The average molecular weight is 459 g/mol. The summed E-state index contributed by atoms with van der Waals surface area (Å²) in [5.41, 5.74) is 1.01. The number of nitrogens with zero attached hydrogens (tertiary/aromatic N) is 2. The maximum absolute atomic E-state index is 12.7. The minimum absolute atomic E-state index is 0.0336. The Morgan fingerprint density at radius 2 is 1.90 bits per heavy atom. The molecule has 0 bridgehead atoms. The van der Waals surface area contributed by atoms with Crippen LogP contribution in [-0.2, 0) is 19.6 Å². The molecule has 1 aromatic heterocycles. The van der Waals surface area contributed by atoms with E-state index >= 15 is 0 Å². The maximum atomic E-state index is 12.7. The van der Waals surface area contributed by atoms with E-state index in [0.29, 0.717) is 17.1 Å². The van der Waals surface area contributed by atoms with Crippen LogP contribution in [0.3, 0.4) is 0 Å². The Hall–Kier alpha value is -3.44. The van der Waals surface area contributed by atoms with E-state index in [1.807, 2.05) is 0 Å². The van der Waals surface area contributed by atoms with Crippen molar-refractivity contribution < 1.29 is 22.7 Å². The molecule has 1 atom stereocenters. The van der Waals surface area contributed by atoms with Crippen molar-refractivity contribution in [2.75, 3.05) is 21.5 Å². The highest BCUT2D eigenvalue weighted by Crippen LogP contribution is 2.33. The highest BCUT2D eigenvalue weighted by atomic mass is 32.2. The van der Waals surface area contributed by atoms with Crippen LogP contribution in [0.15, 0.2) is 65.0 Å². The highest BCUT2D eigenvalue weighted by Gasteiger charge is 2.32. The van der Waals surface area contributed by atoms with Crippen LogP contribution in [0, 0.1) is 0 Å². The largest absolute Gasteiger partial charge is 0.476 e. The Balaban J connectivity index is 1.46. The van der Waals surface area contributed by atoms with Gasteiger partial charge in [0.05, 0.1) is 17.1 Å². The van der Waals surface area contributed by atoms with Crippen LogP contribution >= 0.6 is 11.3 Å². The molecule has 0 saturated carbocycles. The number of fused-ring (bicyclic) bond motifs is 1. The summed E-state index contributed by atoms with van der Waals surface area (Å²) in [6.07, 6.45) is 0.592. The van der Waals surface area contributed by atoms with E-state index in [2.05, 4.69) is 15.0 Å². The fourth-order valence-electron chi connectivity index (χ4n) is 3.06. The molecule has 9 nitrogen and oxygen atoms in total. The molecule has 1 aliphatic rings. The Labute approximate surface area is 182 Å². The first-order valence-corrected chi connectivity index (χ1v) is 11.6. The Kier molecular flexibility index (Phi) is 5.61. The van der Waals surface area contributed by atoms with Crippen molar-refractivity contribution in [1.82, 2.24) is 4.98 Å². The second kappa shape index (κ2) is 8.36. The fraction of sp³-hybridized carbons (Fsp3) is 0.150. The number of anilines is 3. The first-order valence-electron chi connectivity index (χ1n) is 9.20. The maximum Gasteiger partial charge on any atom is 0.267 e. The molecule has 0 fully saturated rings. The molecule has 11 heteroatoms. The number of thiazole rings is 1. The number of sulfonamides is 1. The van der Waals surface area contributed by atoms with Gasteiger partial charge in [-0.3, -0.25) is 14.3 Å². The Morgan fingerprint density at radius 1 is 1.16 bits per heavy atom. The molecule has 2 aromatic carbocycles. The van der Waals surface area contributed by atoms with Crippen molar-refractivity contribution in [3.8, 4) is 5.75 Å². The van der Waals surface area contributed by atoms with Crippen molar-refractivity contribution in [3.05, 3.63) is 60.1 Å². The highest BCUT2D eigenvalue weighted by molar-refractivity contribution is 7.93. The number of hydrogen-bond donors (Lipinski definition) is 2. The molecule has 1 aliphatic heterocycles. The molecule has 0 unspecified atom stereocenters. The lowest BCUT2D eigenvalue weighted by Crippen LogP contribution is -2.48. The van der Waals surface area contributed by atoms with Crippen LogP contribution in [0.2, 0.25) is 0 Å². The van der Waals surface area contributed by atoms with Gasteiger partial charge in [0.15, 0.2) is 11.2 Å². The van der Waals surface area contributed by atoms with Gasteiger partial charge >= 0.3 is 0 Å². The van der Waals surface area contributed by atoms with Gasteiger partial charge in [0, 0.05) is 24.2 Å². The molecule has 2 heterocycles. The molecule has 4 rings (SSSR count). The third kappa shape index (κ3) is 4.52. The number of carbonyl (C=O) groups excluding carboxylic acids is 2. The summed E-state index contributed by atoms with van der Waals surface area (Å²) in [5.74, 6) is -0.202. The number of hydrogen-bond acceptors (Lipinski definition) is 7. The first kappa shape index (κ1) is 20.8. The summed E-state index contributed by atoms with van der Waals surface area (Å²) in [4.78, 5) is 30.2. The fourth-order valence-corrected chi connectivity index (χ4v) is 4.85. The quantitative estimate of drug-likeness (QED) is 0.607. The third-order valence-electron chi connectivity index (χ3n) is 4.53. The summed E-state index contributed by atoms with van der Waals surface area (Å²) in [5, 5.41) is 4.63. The summed E-state index contributed by atoms with van der Waals surface area (Å²) in [7, 11) is -3.78. The van der Waals surface area contributed by atoms with Gasteiger partial charge in [-0.1, -0.05) is 12.1 Å². The summed E-state index contributed by atoms with van der Waals surface area (Å²) in [6.45, 7) is 1.50. The van der Waals surface area contributed by atoms with E-state index < -0.39 is 22.0 Å². The molecule has 2 amide bonds. The molecular weight excluding hydrogens is 440 g/mol. The predicted molar refractivity (Wildman–Crippen MR) is 117 cm³/mol. The van der Waals surface area contributed by atoms with E-state index in [9.17, 15) is 18.0 Å². The Morgan fingerprint density at radius 3 is 2.58 bits per heavy atom. The predicted octanol–water partition coefficient (Wildman–Crippen LogP) is 2.70. The molecule has 0 spiro atoms. The van der Waals surface area contributed by atoms with Gasteiger partial charge in [-0.15, -0.1) is 11.3 Å². The number of amides is 2. The molecule has 160 valence electrons. The minimum atomic E-state index is -3.78. The van der Waals surface area contributed by atoms with Crippen LogP contribution in [0.4, 0.5) is 16.5 Å². The summed E-state index contributed by atoms with van der Waals surface area (Å²) < 4.78 is 33.0. The zero-order valence-corrected chi connectivity index (χ0v) is 17.9. The third-order valence-corrected chi connectivity index (χ3v) is 6.70. The van der Waals surface area contributed by atoms with Crippen LogP contribution < -0.4 is 19.7 Å². The number of aromatic nitrogens is 1. The SMILES string of the molecule is CC(=O)N1C[C@H](C(=O)Nc2ccc(S(=O)(=O)Nc3nccs3)cc2)Oc2ccccc21. The van der Waals surface area contributed by atoms with Gasteiger partial charge in [-0.2, -0.15) is 0 Å². The van der Waals surface area contributed by atoms with Gasteiger partial charge in [0.1, 0.15) is 5.75 Å².